The number of benzene rings is 1. The highest BCUT2D eigenvalue weighted by Gasteiger charge is 2.03. The Morgan fingerprint density at radius 3 is 2.70 bits per heavy atom. The molecule has 0 saturated heterocycles. The molecular formula is C16H19ClN2S. The predicted molar refractivity (Wildman–Crippen MR) is 89.5 cm³/mol. The smallest absolute Gasteiger partial charge is 0.129 e. The Morgan fingerprint density at radius 1 is 1.15 bits per heavy atom. The number of nitrogens with zero attached hydrogens (tertiary/aromatic N) is 1. The zero-order valence-corrected chi connectivity index (χ0v) is 13.2. The number of rotatable bonds is 7. The van der Waals surface area contributed by atoms with Crippen molar-refractivity contribution < 1.29 is 0 Å². The van der Waals surface area contributed by atoms with E-state index >= 15 is 0 Å². The van der Waals surface area contributed by atoms with Crippen LogP contribution >= 0.6 is 23.4 Å². The molecule has 0 radical (unpaired) electrons. The third-order valence-electron chi connectivity index (χ3n) is 2.87. The van der Waals surface area contributed by atoms with Crippen molar-refractivity contribution in [3.05, 3.63) is 58.7 Å². The molecule has 20 heavy (non-hydrogen) atoms. The number of aromatic nitrogens is 1. The first-order valence-corrected chi connectivity index (χ1v) is 8.33. The number of hydrogen-bond acceptors (Lipinski definition) is 3. The van der Waals surface area contributed by atoms with Crippen molar-refractivity contribution in [3.8, 4) is 0 Å². The van der Waals surface area contributed by atoms with Gasteiger partial charge in [-0.05, 0) is 30.2 Å². The number of thioether (sulfide) groups is 1. The molecule has 1 N–H and O–H groups in total. The fraction of sp³-hybridized carbons (Fsp3) is 0.312. The number of nitrogens with one attached hydrogen (secondary N) is 1. The van der Waals surface area contributed by atoms with Crippen LogP contribution in [0.3, 0.4) is 0 Å². The van der Waals surface area contributed by atoms with E-state index in [9.17, 15) is 0 Å². The van der Waals surface area contributed by atoms with Gasteiger partial charge in [0.05, 0.1) is 0 Å². The Labute approximate surface area is 130 Å². The van der Waals surface area contributed by atoms with Crippen LogP contribution in [0.15, 0.2) is 42.6 Å². The monoisotopic (exact) mass is 306 g/mol. The lowest BCUT2D eigenvalue weighted by atomic mass is 10.2. The molecule has 0 atom stereocenters. The highest BCUT2D eigenvalue weighted by Crippen LogP contribution is 2.22. The van der Waals surface area contributed by atoms with Gasteiger partial charge in [-0.15, -0.1) is 0 Å². The van der Waals surface area contributed by atoms with E-state index in [4.69, 9.17) is 11.6 Å². The molecule has 0 bridgehead atoms. The number of halogens is 1. The molecule has 0 amide bonds. The van der Waals surface area contributed by atoms with Gasteiger partial charge < -0.3 is 5.32 Å². The van der Waals surface area contributed by atoms with E-state index in [2.05, 4.69) is 35.4 Å². The van der Waals surface area contributed by atoms with Crippen LogP contribution in [0.5, 0.6) is 0 Å². The first-order valence-electron chi connectivity index (χ1n) is 6.79. The first kappa shape index (κ1) is 15.2. The third-order valence-corrected chi connectivity index (χ3v) is 4.18. The molecule has 0 fully saturated rings. The van der Waals surface area contributed by atoms with Gasteiger partial charge in [0.15, 0.2) is 0 Å². The van der Waals surface area contributed by atoms with Crippen molar-refractivity contribution in [1.29, 1.82) is 0 Å². The fourth-order valence-electron chi connectivity index (χ4n) is 1.82. The van der Waals surface area contributed by atoms with Crippen molar-refractivity contribution in [3.63, 3.8) is 0 Å². The fourth-order valence-corrected chi connectivity index (χ4v) is 2.93. The molecule has 106 valence electrons. The van der Waals surface area contributed by atoms with Crippen molar-refractivity contribution in [2.45, 2.75) is 24.9 Å². The maximum absolute atomic E-state index is 5.89. The van der Waals surface area contributed by atoms with Gasteiger partial charge in [-0.3, -0.25) is 0 Å². The van der Waals surface area contributed by atoms with Gasteiger partial charge in [-0.25, -0.2) is 4.98 Å². The third kappa shape index (κ3) is 4.73. The van der Waals surface area contributed by atoms with Crippen molar-refractivity contribution in [2.24, 2.45) is 0 Å². The second kappa shape index (κ2) is 8.18. The minimum Gasteiger partial charge on any atom is -0.370 e. The van der Waals surface area contributed by atoms with Crippen LogP contribution in [-0.4, -0.2) is 11.5 Å². The zero-order valence-electron chi connectivity index (χ0n) is 11.6. The van der Waals surface area contributed by atoms with Crippen molar-refractivity contribution in [1.82, 2.24) is 4.98 Å². The molecule has 0 aliphatic heterocycles. The lowest BCUT2D eigenvalue weighted by Crippen LogP contribution is -2.04. The average molecular weight is 307 g/mol. The van der Waals surface area contributed by atoms with Gasteiger partial charge >= 0.3 is 0 Å². The normalized spacial score (nSPS) is 10.5. The van der Waals surface area contributed by atoms with E-state index in [1.54, 1.807) is 0 Å². The molecular weight excluding hydrogens is 288 g/mol. The van der Waals surface area contributed by atoms with Gasteiger partial charge in [0, 0.05) is 34.8 Å². The lowest BCUT2D eigenvalue weighted by Gasteiger charge is -2.10. The van der Waals surface area contributed by atoms with Crippen LogP contribution < -0.4 is 5.32 Å². The largest absolute Gasteiger partial charge is 0.370 e. The van der Waals surface area contributed by atoms with Crippen molar-refractivity contribution in [2.75, 3.05) is 11.9 Å². The summed E-state index contributed by atoms with van der Waals surface area (Å²) in [6, 6.07) is 12.2. The highest BCUT2D eigenvalue weighted by atomic mass is 35.5. The zero-order chi connectivity index (χ0) is 14.2. The molecule has 0 unspecified atom stereocenters. The summed E-state index contributed by atoms with van der Waals surface area (Å²) in [5, 5.41) is 4.17. The van der Waals surface area contributed by atoms with Gasteiger partial charge in [0.1, 0.15) is 5.82 Å². The molecule has 1 aromatic carbocycles. The number of anilines is 1. The Morgan fingerprint density at radius 2 is 1.95 bits per heavy atom. The molecule has 0 spiro atoms. The number of hydrogen-bond donors (Lipinski definition) is 1. The predicted octanol–water partition coefficient (Wildman–Crippen LogP) is 4.99. The van der Waals surface area contributed by atoms with E-state index in [-0.39, 0.29) is 0 Å². The van der Waals surface area contributed by atoms with E-state index in [0.717, 1.165) is 35.3 Å². The average Bonchev–Trinajstić information content (AvgIpc) is 2.48. The van der Waals surface area contributed by atoms with Gasteiger partial charge in [0.2, 0.25) is 0 Å². The second-order valence-corrected chi connectivity index (χ2v) is 5.98. The van der Waals surface area contributed by atoms with Gasteiger partial charge in [-0.1, -0.05) is 36.7 Å². The first-order chi connectivity index (χ1) is 9.79. The van der Waals surface area contributed by atoms with Crippen LogP contribution in [0.2, 0.25) is 5.02 Å². The Kier molecular flexibility index (Phi) is 6.22. The van der Waals surface area contributed by atoms with E-state index < -0.39 is 0 Å². The Hall–Kier alpha value is -1.19. The van der Waals surface area contributed by atoms with Crippen LogP contribution in [0, 0.1) is 0 Å². The van der Waals surface area contributed by atoms with E-state index in [0.29, 0.717) is 0 Å². The Balaban J connectivity index is 1.88. The maximum atomic E-state index is 5.89. The summed E-state index contributed by atoms with van der Waals surface area (Å²) in [5.74, 6) is 2.96. The summed E-state index contributed by atoms with van der Waals surface area (Å²) in [4.78, 5) is 4.41. The summed E-state index contributed by atoms with van der Waals surface area (Å²) >= 11 is 7.78. The van der Waals surface area contributed by atoms with Crippen LogP contribution in [0.1, 0.15) is 24.5 Å². The van der Waals surface area contributed by atoms with Crippen LogP contribution in [-0.2, 0) is 11.5 Å². The van der Waals surface area contributed by atoms with E-state index in [1.165, 1.54) is 11.1 Å². The van der Waals surface area contributed by atoms with Gasteiger partial charge in [0.25, 0.3) is 0 Å². The highest BCUT2D eigenvalue weighted by molar-refractivity contribution is 7.97. The second-order valence-electron chi connectivity index (χ2n) is 4.56. The molecule has 2 aromatic rings. The molecule has 0 aliphatic carbocycles. The van der Waals surface area contributed by atoms with Gasteiger partial charge in [-0.2, -0.15) is 11.8 Å². The van der Waals surface area contributed by atoms with E-state index in [1.807, 2.05) is 36.2 Å². The molecule has 2 rings (SSSR count). The summed E-state index contributed by atoms with van der Waals surface area (Å²) in [5.41, 5.74) is 2.56. The topological polar surface area (TPSA) is 24.9 Å². The van der Waals surface area contributed by atoms with Crippen LogP contribution in [0.4, 0.5) is 5.82 Å². The molecule has 0 aliphatic rings. The lowest BCUT2D eigenvalue weighted by molar-refractivity contribution is 0.965. The minimum atomic E-state index is 0.789. The molecule has 2 nitrogen and oxygen atoms in total. The molecule has 0 saturated carbocycles. The molecule has 4 heteroatoms. The van der Waals surface area contributed by atoms with Crippen LogP contribution in [0.25, 0.3) is 0 Å². The standard InChI is InChI=1S/C16H19ClN2S/c1-2-9-18-16-14(4-3-10-19-16)12-20-11-13-5-7-15(17)8-6-13/h3-8,10H,2,9,11-12H2,1H3,(H,18,19). The number of pyridine rings is 1. The molecule has 1 aromatic heterocycles. The molecule has 1 heterocycles. The summed E-state index contributed by atoms with van der Waals surface area (Å²) < 4.78 is 0. The summed E-state index contributed by atoms with van der Waals surface area (Å²) in [7, 11) is 0. The maximum Gasteiger partial charge on any atom is 0.129 e. The quantitative estimate of drug-likeness (QED) is 0.780. The summed E-state index contributed by atoms with van der Waals surface area (Å²) in [6.07, 6.45) is 2.94. The summed E-state index contributed by atoms with van der Waals surface area (Å²) in [6.45, 7) is 3.12. The van der Waals surface area contributed by atoms with Crippen molar-refractivity contribution >= 4 is 29.2 Å². The minimum absolute atomic E-state index is 0.789. The Bertz CT molecular complexity index is 528. The SMILES string of the molecule is CCCNc1ncccc1CSCc1ccc(Cl)cc1.